The molecule has 0 amide bonds. The quantitative estimate of drug-likeness (QED) is 0.806. The first-order valence-corrected chi connectivity index (χ1v) is 7.71. The Morgan fingerprint density at radius 2 is 1.86 bits per heavy atom. The molecule has 0 fully saturated rings. The summed E-state index contributed by atoms with van der Waals surface area (Å²) in [5, 5.41) is 0. The van der Waals surface area contributed by atoms with Crippen LogP contribution in [0.5, 0.6) is 5.75 Å². The van der Waals surface area contributed by atoms with Gasteiger partial charge in [-0.25, -0.2) is 0 Å². The Bertz CT molecular complexity index is 536. The Labute approximate surface area is 127 Å². The van der Waals surface area contributed by atoms with E-state index in [0.29, 0.717) is 5.92 Å². The molecule has 0 spiro atoms. The molecule has 0 aliphatic rings. The zero-order chi connectivity index (χ0) is 15.2. The van der Waals surface area contributed by atoms with Gasteiger partial charge >= 0.3 is 0 Å². The first kappa shape index (κ1) is 15.6. The second-order valence-electron chi connectivity index (χ2n) is 5.47. The molecule has 2 rings (SSSR count). The van der Waals surface area contributed by atoms with Gasteiger partial charge in [-0.15, -0.1) is 0 Å². The lowest BCUT2D eigenvalue weighted by molar-refractivity contribution is 0.143. The molecule has 2 N–H and O–H groups in total. The molecule has 1 aromatic heterocycles. The van der Waals surface area contributed by atoms with Crippen molar-refractivity contribution < 1.29 is 9.15 Å². The van der Waals surface area contributed by atoms with Gasteiger partial charge in [-0.1, -0.05) is 39.0 Å². The molecule has 3 atom stereocenters. The van der Waals surface area contributed by atoms with Crippen molar-refractivity contribution in [1.29, 1.82) is 0 Å². The largest absolute Gasteiger partial charge is 0.481 e. The molecular weight excluding hydrogens is 262 g/mol. The van der Waals surface area contributed by atoms with Crippen molar-refractivity contribution in [2.75, 3.05) is 0 Å². The number of hydrogen-bond acceptors (Lipinski definition) is 3. The number of furan rings is 1. The van der Waals surface area contributed by atoms with E-state index in [1.807, 2.05) is 24.3 Å². The van der Waals surface area contributed by atoms with E-state index < -0.39 is 0 Å². The molecule has 0 radical (unpaired) electrons. The summed E-state index contributed by atoms with van der Waals surface area (Å²) in [6, 6.07) is 11.9. The Morgan fingerprint density at radius 3 is 2.48 bits per heavy atom. The van der Waals surface area contributed by atoms with Crippen LogP contribution in [0.1, 0.15) is 57.0 Å². The van der Waals surface area contributed by atoms with E-state index in [1.54, 1.807) is 6.26 Å². The Balaban J connectivity index is 2.29. The van der Waals surface area contributed by atoms with E-state index >= 15 is 0 Å². The average Bonchev–Trinajstić information content (AvgIpc) is 3.05. The van der Waals surface area contributed by atoms with Crippen LogP contribution in [0.15, 0.2) is 47.1 Å². The zero-order valence-electron chi connectivity index (χ0n) is 13.1. The van der Waals surface area contributed by atoms with Gasteiger partial charge in [0.15, 0.2) is 6.10 Å². The van der Waals surface area contributed by atoms with E-state index in [0.717, 1.165) is 24.4 Å². The van der Waals surface area contributed by atoms with Gasteiger partial charge in [0.05, 0.1) is 6.26 Å². The summed E-state index contributed by atoms with van der Waals surface area (Å²) in [5.41, 5.74) is 7.45. The molecule has 0 aliphatic heterocycles. The molecule has 0 saturated carbocycles. The monoisotopic (exact) mass is 287 g/mol. The lowest BCUT2D eigenvalue weighted by atomic mass is 9.97. The van der Waals surface area contributed by atoms with E-state index in [2.05, 4.69) is 32.9 Å². The fourth-order valence-electron chi connectivity index (χ4n) is 2.38. The van der Waals surface area contributed by atoms with Gasteiger partial charge in [-0.3, -0.25) is 0 Å². The third kappa shape index (κ3) is 3.67. The van der Waals surface area contributed by atoms with Gasteiger partial charge in [0, 0.05) is 6.04 Å². The summed E-state index contributed by atoms with van der Waals surface area (Å²) < 4.78 is 11.8. The predicted octanol–water partition coefficient (Wildman–Crippen LogP) is 4.65. The first-order chi connectivity index (χ1) is 10.2. The molecule has 2 aromatic rings. The highest BCUT2D eigenvalue weighted by atomic mass is 16.5. The van der Waals surface area contributed by atoms with Gasteiger partial charge in [0.2, 0.25) is 0 Å². The molecule has 3 unspecified atom stereocenters. The minimum atomic E-state index is -0.254. The number of benzene rings is 1. The topological polar surface area (TPSA) is 48.4 Å². The molecule has 1 aromatic carbocycles. The van der Waals surface area contributed by atoms with Gasteiger partial charge in [-0.05, 0) is 42.5 Å². The van der Waals surface area contributed by atoms with Crippen LogP contribution in [0.2, 0.25) is 0 Å². The van der Waals surface area contributed by atoms with Crippen LogP contribution in [-0.2, 0) is 0 Å². The molecule has 0 bridgehead atoms. The van der Waals surface area contributed by atoms with Crippen LogP contribution >= 0.6 is 0 Å². The van der Waals surface area contributed by atoms with Gasteiger partial charge in [0.25, 0.3) is 0 Å². The number of nitrogens with two attached hydrogens (primary N) is 1. The van der Waals surface area contributed by atoms with Crippen LogP contribution < -0.4 is 10.5 Å². The third-order valence-electron chi connectivity index (χ3n) is 4.00. The average molecular weight is 287 g/mol. The summed E-state index contributed by atoms with van der Waals surface area (Å²) in [7, 11) is 0. The normalized spacial score (nSPS) is 15.4. The second-order valence-corrected chi connectivity index (χ2v) is 5.47. The molecule has 3 nitrogen and oxygen atoms in total. The smallest absolute Gasteiger partial charge is 0.171 e. The molecule has 0 saturated heterocycles. The van der Waals surface area contributed by atoms with Gasteiger partial charge < -0.3 is 14.9 Å². The van der Waals surface area contributed by atoms with Crippen LogP contribution in [-0.4, -0.2) is 6.04 Å². The Hall–Kier alpha value is -1.74. The zero-order valence-corrected chi connectivity index (χ0v) is 13.1. The Morgan fingerprint density at radius 1 is 1.10 bits per heavy atom. The fraction of sp³-hybridized carbons (Fsp3) is 0.444. The second kappa shape index (κ2) is 7.32. The highest BCUT2D eigenvalue weighted by Gasteiger charge is 2.24. The van der Waals surface area contributed by atoms with Crippen molar-refractivity contribution in [3.63, 3.8) is 0 Å². The van der Waals surface area contributed by atoms with E-state index in [4.69, 9.17) is 14.9 Å². The van der Waals surface area contributed by atoms with Crippen molar-refractivity contribution in [2.45, 2.75) is 51.7 Å². The SMILES string of the molecule is CCC(C)c1ccccc1OC(c1ccco1)C(N)CC. The summed E-state index contributed by atoms with van der Waals surface area (Å²) in [4.78, 5) is 0. The summed E-state index contributed by atoms with van der Waals surface area (Å²) in [6.45, 7) is 6.46. The van der Waals surface area contributed by atoms with E-state index in [-0.39, 0.29) is 12.1 Å². The van der Waals surface area contributed by atoms with Crippen molar-refractivity contribution in [3.8, 4) is 5.75 Å². The summed E-state index contributed by atoms with van der Waals surface area (Å²) >= 11 is 0. The minimum Gasteiger partial charge on any atom is -0.481 e. The number of ether oxygens (including phenoxy) is 1. The molecule has 3 heteroatoms. The maximum Gasteiger partial charge on any atom is 0.171 e. The minimum absolute atomic E-state index is 0.0962. The first-order valence-electron chi connectivity index (χ1n) is 7.71. The van der Waals surface area contributed by atoms with Crippen LogP contribution in [0.4, 0.5) is 0 Å². The Kier molecular flexibility index (Phi) is 5.45. The van der Waals surface area contributed by atoms with Crippen molar-refractivity contribution >= 4 is 0 Å². The molecule has 1 heterocycles. The summed E-state index contributed by atoms with van der Waals surface area (Å²) in [6.07, 6.45) is 3.31. The highest BCUT2D eigenvalue weighted by Crippen LogP contribution is 2.33. The molecule has 21 heavy (non-hydrogen) atoms. The maximum absolute atomic E-state index is 6.25. The van der Waals surface area contributed by atoms with Crippen LogP contribution in [0.3, 0.4) is 0 Å². The molecule has 0 aliphatic carbocycles. The fourth-order valence-corrected chi connectivity index (χ4v) is 2.38. The van der Waals surface area contributed by atoms with Gasteiger partial charge in [0.1, 0.15) is 11.5 Å². The molecule has 114 valence electrons. The van der Waals surface area contributed by atoms with Crippen molar-refractivity contribution in [2.24, 2.45) is 5.73 Å². The lowest BCUT2D eigenvalue weighted by Gasteiger charge is -2.25. The molecular formula is C18H25NO2. The van der Waals surface area contributed by atoms with Crippen molar-refractivity contribution in [3.05, 3.63) is 54.0 Å². The van der Waals surface area contributed by atoms with Crippen LogP contribution in [0.25, 0.3) is 0 Å². The standard InChI is InChI=1S/C18H25NO2/c1-4-13(3)14-9-6-7-10-16(14)21-18(15(19)5-2)17-11-8-12-20-17/h6-13,15,18H,4-5,19H2,1-3H3. The van der Waals surface area contributed by atoms with Crippen LogP contribution in [0, 0.1) is 0 Å². The van der Waals surface area contributed by atoms with Gasteiger partial charge in [-0.2, -0.15) is 0 Å². The third-order valence-corrected chi connectivity index (χ3v) is 4.00. The summed E-state index contributed by atoms with van der Waals surface area (Å²) in [5.74, 6) is 2.14. The number of rotatable bonds is 7. The van der Waals surface area contributed by atoms with Crippen molar-refractivity contribution in [1.82, 2.24) is 0 Å². The van der Waals surface area contributed by atoms with E-state index in [1.165, 1.54) is 5.56 Å². The predicted molar refractivity (Wildman–Crippen MR) is 85.5 cm³/mol. The lowest BCUT2D eigenvalue weighted by Crippen LogP contribution is -2.31. The highest BCUT2D eigenvalue weighted by molar-refractivity contribution is 5.36. The van der Waals surface area contributed by atoms with E-state index in [9.17, 15) is 0 Å². The number of para-hydroxylation sites is 1. The number of hydrogen-bond donors (Lipinski definition) is 1. The maximum atomic E-state index is 6.25.